The van der Waals surface area contributed by atoms with E-state index in [1.165, 1.54) is 18.4 Å². The minimum absolute atomic E-state index is 0.0279. The van der Waals surface area contributed by atoms with Crippen LogP contribution in [0.5, 0.6) is 0 Å². The van der Waals surface area contributed by atoms with Crippen LogP contribution in [0.15, 0.2) is 18.2 Å². The number of hydrogen-bond donors (Lipinski definition) is 2. The van der Waals surface area contributed by atoms with Crippen LogP contribution in [0.25, 0.3) is 0 Å². The zero-order chi connectivity index (χ0) is 12.3. The molecule has 0 radical (unpaired) electrons. The van der Waals surface area contributed by atoms with Gasteiger partial charge in [-0.25, -0.2) is 0 Å². The topological polar surface area (TPSA) is 41.1 Å². The van der Waals surface area contributed by atoms with Gasteiger partial charge in [0.05, 0.1) is 0 Å². The summed E-state index contributed by atoms with van der Waals surface area (Å²) < 4.78 is 0. The molecule has 1 aromatic rings. The van der Waals surface area contributed by atoms with Crippen LogP contribution in [-0.4, -0.2) is 25.0 Å². The molecular formula is C14H20N2O. The molecule has 1 aromatic carbocycles. The van der Waals surface area contributed by atoms with Crippen LogP contribution in [0.3, 0.4) is 0 Å². The second-order valence-electron chi connectivity index (χ2n) is 4.80. The maximum absolute atomic E-state index is 11.9. The first-order valence-corrected chi connectivity index (χ1v) is 6.25. The van der Waals surface area contributed by atoms with Crippen molar-refractivity contribution in [3.8, 4) is 0 Å². The Kier molecular flexibility index (Phi) is 3.79. The second-order valence-corrected chi connectivity index (χ2v) is 4.80. The molecule has 0 unspecified atom stereocenters. The Morgan fingerprint density at radius 3 is 2.71 bits per heavy atom. The number of hydrogen-bond acceptors (Lipinski definition) is 2. The minimum atomic E-state index is 0.0279. The number of amides is 1. The Hall–Kier alpha value is -1.35. The monoisotopic (exact) mass is 232 g/mol. The molecule has 1 aliphatic rings. The molecule has 0 aliphatic heterocycles. The lowest BCUT2D eigenvalue weighted by molar-refractivity contribution is 0.0953. The van der Waals surface area contributed by atoms with Gasteiger partial charge >= 0.3 is 0 Å². The number of benzene rings is 1. The van der Waals surface area contributed by atoms with Crippen LogP contribution in [0.1, 0.15) is 34.3 Å². The van der Waals surface area contributed by atoms with E-state index in [4.69, 9.17) is 0 Å². The maximum Gasteiger partial charge on any atom is 0.251 e. The highest BCUT2D eigenvalue weighted by Gasteiger charge is 2.19. The normalized spacial score (nSPS) is 14.7. The third-order valence-corrected chi connectivity index (χ3v) is 3.05. The first-order valence-electron chi connectivity index (χ1n) is 6.25. The molecule has 0 saturated heterocycles. The third kappa shape index (κ3) is 3.56. The summed E-state index contributed by atoms with van der Waals surface area (Å²) in [7, 11) is 0. The molecule has 17 heavy (non-hydrogen) atoms. The van der Waals surface area contributed by atoms with Crippen molar-refractivity contribution in [1.29, 1.82) is 0 Å². The summed E-state index contributed by atoms with van der Waals surface area (Å²) in [6.07, 6.45) is 2.57. The lowest BCUT2D eigenvalue weighted by Crippen LogP contribution is -2.32. The predicted octanol–water partition coefficient (Wildman–Crippen LogP) is 1.79. The van der Waals surface area contributed by atoms with E-state index in [0.29, 0.717) is 12.6 Å². The van der Waals surface area contributed by atoms with Gasteiger partial charge < -0.3 is 10.6 Å². The number of carbonyl (C=O) groups is 1. The van der Waals surface area contributed by atoms with E-state index in [9.17, 15) is 4.79 Å². The van der Waals surface area contributed by atoms with Gasteiger partial charge in [0.25, 0.3) is 5.91 Å². The van der Waals surface area contributed by atoms with E-state index >= 15 is 0 Å². The third-order valence-electron chi connectivity index (χ3n) is 3.05. The van der Waals surface area contributed by atoms with Crippen LogP contribution in [0.4, 0.5) is 0 Å². The van der Waals surface area contributed by atoms with Crippen molar-refractivity contribution in [3.63, 3.8) is 0 Å². The molecule has 1 amide bonds. The van der Waals surface area contributed by atoms with Gasteiger partial charge in [0.1, 0.15) is 0 Å². The van der Waals surface area contributed by atoms with Gasteiger partial charge in [-0.2, -0.15) is 0 Å². The Morgan fingerprint density at radius 1 is 1.29 bits per heavy atom. The highest BCUT2D eigenvalue weighted by atomic mass is 16.1. The molecular weight excluding hydrogens is 212 g/mol. The fraction of sp³-hybridized carbons (Fsp3) is 0.500. The lowest BCUT2D eigenvalue weighted by atomic mass is 10.1. The zero-order valence-corrected chi connectivity index (χ0v) is 10.5. The van der Waals surface area contributed by atoms with Gasteiger partial charge in [-0.15, -0.1) is 0 Å². The molecule has 0 spiro atoms. The Morgan fingerprint density at radius 2 is 2.06 bits per heavy atom. The van der Waals surface area contributed by atoms with Crippen LogP contribution >= 0.6 is 0 Å². The number of nitrogens with one attached hydrogen (secondary N) is 2. The molecule has 3 heteroatoms. The van der Waals surface area contributed by atoms with Crippen LogP contribution in [0.2, 0.25) is 0 Å². The average Bonchev–Trinajstić information content (AvgIpc) is 3.08. The van der Waals surface area contributed by atoms with Crippen molar-refractivity contribution in [2.24, 2.45) is 0 Å². The van der Waals surface area contributed by atoms with Crippen LogP contribution in [-0.2, 0) is 0 Å². The molecule has 1 fully saturated rings. The predicted molar refractivity (Wildman–Crippen MR) is 69.3 cm³/mol. The Labute approximate surface area is 103 Å². The molecule has 2 rings (SSSR count). The summed E-state index contributed by atoms with van der Waals surface area (Å²) >= 11 is 0. The SMILES string of the molecule is Cc1ccc(C(=O)NCCNC2CC2)c(C)c1. The van der Waals surface area contributed by atoms with Gasteiger partial charge in [-0.05, 0) is 38.3 Å². The highest BCUT2D eigenvalue weighted by molar-refractivity contribution is 5.95. The first-order chi connectivity index (χ1) is 8.16. The number of carbonyl (C=O) groups excluding carboxylic acids is 1. The van der Waals surface area contributed by atoms with E-state index in [2.05, 4.69) is 10.6 Å². The van der Waals surface area contributed by atoms with Gasteiger partial charge in [-0.1, -0.05) is 17.7 Å². The number of aryl methyl sites for hydroxylation is 2. The van der Waals surface area contributed by atoms with Crippen molar-refractivity contribution in [3.05, 3.63) is 34.9 Å². The van der Waals surface area contributed by atoms with Crippen molar-refractivity contribution in [2.45, 2.75) is 32.7 Å². The van der Waals surface area contributed by atoms with Crippen molar-refractivity contribution >= 4 is 5.91 Å². The molecule has 0 bridgehead atoms. The molecule has 0 atom stereocenters. The van der Waals surface area contributed by atoms with E-state index in [1.807, 2.05) is 32.0 Å². The van der Waals surface area contributed by atoms with E-state index in [0.717, 1.165) is 17.7 Å². The summed E-state index contributed by atoms with van der Waals surface area (Å²) in [6, 6.07) is 6.61. The van der Waals surface area contributed by atoms with Gasteiger partial charge in [0.2, 0.25) is 0 Å². The Balaban J connectivity index is 1.81. The first kappa shape index (κ1) is 12.1. The quantitative estimate of drug-likeness (QED) is 0.760. The summed E-state index contributed by atoms with van der Waals surface area (Å²) in [5.74, 6) is 0.0279. The summed E-state index contributed by atoms with van der Waals surface area (Å²) in [5.41, 5.74) is 3.01. The maximum atomic E-state index is 11.9. The van der Waals surface area contributed by atoms with Gasteiger partial charge in [-0.3, -0.25) is 4.79 Å². The van der Waals surface area contributed by atoms with E-state index in [-0.39, 0.29) is 5.91 Å². The van der Waals surface area contributed by atoms with Gasteiger partial charge in [0.15, 0.2) is 0 Å². The van der Waals surface area contributed by atoms with Crippen LogP contribution in [0, 0.1) is 13.8 Å². The minimum Gasteiger partial charge on any atom is -0.351 e. The fourth-order valence-electron chi connectivity index (χ4n) is 1.90. The largest absolute Gasteiger partial charge is 0.351 e. The summed E-state index contributed by atoms with van der Waals surface area (Å²) in [4.78, 5) is 11.9. The fourth-order valence-corrected chi connectivity index (χ4v) is 1.90. The van der Waals surface area contributed by atoms with E-state index < -0.39 is 0 Å². The smallest absolute Gasteiger partial charge is 0.251 e. The van der Waals surface area contributed by atoms with Crippen molar-refractivity contribution in [1.82, 2.24) is 10.6 Å². The van der Waals surface area contributed by atoms with Crippen LogP contribution < -0.4 is 10.6 Å². The second kappa shape index (κ2) is 5.32. The molecule has 1 saturated carbocycles. The zero-order valence-electron chi connectivity index (χ0n) is 10.5. The highest BCUT2D eigenvalue weighted by Crippen LogP contribution is 2.17. The molecule has 0 heterocycles. The summed E-state index contributed by atoms with van der Waals surface area (Å²) in [5, 5.41) is 6.31. The standard InChI is InChI=1S/C14H20N2O/c1-10-3-6-13(11(2)9-10)14(17)16-8-7-15-12-4-5-12/h3,6,9,12,15H,4-5,7-8H2,1-2H3,(H,16,17). The number of rotatable bonds is 5. The van der Waals surface area contributed by atoms with E-state index in [1.54, 1.807) is 0 Å². The molecule has 2 N–H and O–H groups in total. The van der Waals surface area contributed by atoms with Crippen molar-refractivity contribution in [2.75, 3.05) is 13.1 Å². The average molecular weight is 232 g/mol. The molecule has 3 nitrogen and oxygen atoms in total. The summed E-state index contributed by atoms with van der Waals surface area (Å²) in [6.45, 7) is 5.57. The lowest BCUT2D eigenvalue weighted by Gasteiger charge is -2.08. The van der Waals surface area contributed by atoms with Gasteiger partial charge in [0, 0.05) is 24.7 Å². The molecule has 0 aromatic heterocycles. The Bertz CT molecular complexity index is 411. The van der Waals surface area contributed by atoms with Crippen molar-refractivity contribution < 1.29 is 4.79 Å². The molecule has 92 valence electrons. The molecule has 1 aliphatic carbocycles.